The van der Waals surface area contributed by atoms with E-state index in [9.17, 15) is 0 Å². The molecule has 0 aromatic rings. The lowest BCUT2D eigenvalue weighted by Crippen LogP contribution is -2.11. The minimum Gasteiger partial charge on any atom is -0.380 e. The van der Waals surface area contributed by atoms with Gasteiger partial charge in [-0.3, -0.25) is 5.41 Å². The maximum Gasteiger partial charge on any atom is 0.107 e. The van der Waals surface area contributed by atoms with E-state index >= 15 is 0 Å². The highest BCUT2D eigenvalue weighted by Gasteiger charge is 1.96. The fraction of sp³-hybridized carbons (Fsp3) is 0.400. The van der Waals surface area contributed by atoms with Gasteiger partial charge in [0.25, 0.3) is 0 Å². The van der Waals surface area contributed by atoms with Crippen molar-refractivity contribution in [3.05, 3.63) is 24.4 Å². The molecule has 0 aliphatic carbocycles. The molecule has 0 radical (unpaired) electrons. The van der Waals surface area contributed by atoms with Gasteiger partial charge in [0.2, 0.25) is 0 Å². The summed E-state index contributed by atoms with van der Waals surface area (Å²) in [5.74, 6) is 0. The largest absolute Gasteiger partial charge is 0.380 e. The van der Waals surface area contributed by atoms with Crippen molar-refractivity contribution in [2.75, 3.05) is 13.6 Å². The number of rotatable bonds is 5. The fourth-order valence-electron chi connectivity index (χ4n) is 0.873. The summed E-state index contributed by atoms with van der Waals surface area (Å²) in [6.45, 7) is 8.62. The van der Waals surface area contributed by atoms with Crippen LogP contribution in [0.5, 0.6) is 0 Å². The molecule has 0 aromatic carbocycles. The minimum absolute atomic E-state index is 0.746. The van der Waals surface area contributed by atoms with E-state index in [1.165, 1.54) is 0 Å². The number of allylic oxidation sites excluding steroid dienone is 2. The van der Waals surface area contributed by atoms with Gasteiger partial charge in [-0.1, -0.05) is 6.58 Å². The number of hydrogen-bond acceptors (Lipinski definition) is 2. The van der Waals surface area contributed by atoms with Crippen molar-refractivity contribution in [3.8, 4) is 0 Å². The third kappa shape index (κ3) is 4.25. The van der Waals surface area contributed by atoms with Gasteiger partial charge in [-0.15, -0.1) is 0 Å². The highest BCUT2D eigenvalue weighted by atomic mass is 15.1. The van der Waals surface area contributed by atoms with Crippen molar-refractivity contribution in [2.45, 2.75) is 13.8 Å². The molecule has 0 fully saturated rings. The van der Waals surface area contributed by atoms with Crippen LogP contribution in [0.3, 0.4) is 0 Å². The number of aliphatic imine (C=N–C) groups is 1. The maximum atomic E-state index is 6.86. The zero-order chi connectivity index (χ0) is 10.3. The van der Waals surface area contributed by atoms with Crippen LogP contribution in [0.2, 0.25) is 0 Å². The fourth-order valence-corrected chi connectivity index (χ4v) is 0.873. The van der Waals surface area contributed by atoms with Crippen molar-refractivity contribution >= 4 is 12.1 Å². The summed E-state index contributed by atoms with van der Waals surface area (Å²) in [6, 6.07) is 0. The molecule has 0 aromatic heterocycles. The molecule has 0 saturated heterocycles. The van der Waals surface area contributed by atoms with Gasteiger partial charge in [0.15, 0.2) is 0 Å². The van der Waals surface area contributed by atoms with Gasteiger partial charge in [0.1, 0.15) is 6.34 Å². The number of nitrogens with one attached hydrogen (secondary N) is 1. The second-order valence-electron chi connectivity index (χ2n) is 2.73. The Kier molecular flexibility index (Phi) is 5.52. The Labute approximate surface area is 80.0 Å². The molecule has 1 N–H and O–H groups in total. The molecule has 0 aliphatic rings. The summed E-state index contributed by atoms with van der Waals surface area (Å²) >= 11 is 0. The molecule has 0 saturated carbocycles. The molecule has 0 heterocycles. The van der Waals surface area contributed by atoms with Gasteiger partial charge in [-0.25, -0.2) is 4.99 Å². The van der Waals surface area contributed by atoms with Crippen LogP contribution in [0, 0.1) is 5.41 Å². The average molecular weight is 179 g/mol. The first-order chi connectivity index (χ1) is 6.15. The Hall–Kier alpha value is -1.38. The van der Waals surface area contributed by atoms with Crippen molar-refractivity contribution in [1.29, 1.82) is 5.41 Å². The third-order valence-electron chi connectivity index (χ3n) is 1.71. The first kappa shape index (κ1) is 11.6. The van der Waals surface area contributed by atoms with Crippen molar-refractivity contribution in [1.82, 2.24) is 4.90 Å². The maximum absolute atomic E-state index is 6.86. The molecule has 0 aliphatic heterocycles. The zero-order valence-electron chi connectivity index (χ0n) is 8.54. The van der Waals surface area contributed by atoms with Crippen LogP contribution in [0.4, 0.5) is 0 Å². The van der Waals surface area contributed by atoms with Crippen LogP contribution in [-0.2, 0) is 0 Å². The molecular formula is C10H17N3. The summed E-state index contributed by atoms with van der Waals surface area (Å²) in [4.78, 5) is 5.93. The predicted molar refractivity (Wildman–Crippen MR) is 58.5 cm³/mol. The second-order valence-corrected chi connectivity index (χ2v) is 2.73. The predicted octanol–water partition coefficient (Wildman–Crippen LogP) is 2.08. The summed E-state index contributed by atoms with van der Waals surface area (Å²) < 4.78 is 0. The molecular weight excluding hydrogens is 162 g/mol. The lowest BCUT2D eigenvalue weighted by atomic mass is 10.2. The van der Waals surface area contributed by atoms with Gasteiger partial charge >= 0.3 is 0 Å². The monoisotopic (exact) mass is 179 g/mol. The molecule has 3 heteroatoms. The van der Waals surface area contributed by atoms with Gasteiger partial charge < -0.3 is 4.90 Å². The number of hydrogen-bond donors (Lipinski definition) is 1. The number of nitrogens with zero attached hydrogens (tertiary/aromatic N) is 2. The lowest BCUT2D eigenvalue weighted by Gasteiger charge is -2.11. The van der Waals surface area contributed by atoms with E-state index in [-0.39, 0.29) is 0 Å². The highest BCUT2D eigenvalue weighted by Crippen LogP contribution is 1.99. The van der Waals surface area contributed by atoms with Crippen LogP contribution in [0.25, 0.3) is 0 Å². The molecule has 0 atom stereocenters. The van der Waals surface area contributed by atoms with E-state index < -0.39 is 0 Å². The third-order valence-corrected chi connectivity index (χ3v) is 1.71. The highest BCUT2D eigenvalue weighted by molar-refractivity contribution is 6.10. The Morgan fingerprint density at radius 2 is 2.23 bits per heavy atom. The van der Waals surface area contributed by atoms with E-state index in [4.69, 9.17) is 5.41 Å². The van der Waals surface area contributed by atoms with Crippen LogP contribution >= 0.6 is 0 Å². The van der Waals surface area contributed by atoms with Crippen LogP contribution in [-0.4, -0.2) is 30.5 Å². The van der Waals surface area contributed by atoms with Crippen molar-refractivity contribution in [3.63, 3.8) is 0 Å². The van der Waals surface area contributed by atoms with Gasteiger partial charge in [0, 0.05) is 19.8 Å². The SMILES string of the molecule is C=CC(=N/C=N)/C(C)=C/N(C)CC. The van der Waals surface area contributed by atoms with E-state index in [0.717, 1.165) is 24.2 Å². The van der Waals surface area contributed by atoms with Gasteiger partial charge in [-0.05, 0) is 25.5 Å². The summed E-state index contributed by atoms with van der Waals surface area (Å²) in [7, 11) is 1.99. The van der Waals surface area contributed by atoms with Gasteiger partial charge in [-0.2, -0.15) is 0 Å². The molecule has 72 valence electrons. The summed E-state index contributed by atoms with van der Waals surface area (Å²) in [5.41, 5.74) is 1.76. The molecule has 0 rings (SSSR count). The first-order valence-electron chi connectivity index (χ1n) is 4.23. The van der Waals surface area contributed by atoms with Crippen LogP contribution in [0.1, 0.15) is 13.8 Å². The standard InChI is InChI=1S/C10H17N3/c1-5-10(12-8-11)9(3)7-13(4)6-2/h5,7-8,11H,1,6H2,2-4H3/b9-7+,11-8?,12-10-. The smallest absolute Gasteiger partial charge is 0.107 e. The Balaban J connectivity index is 4.63. The Morgan fingerprint density at radius 3 is 2.62 bits per heavy atom. The van der Waals surface area contributed by atoms with Crippen LogP contribution < -0.4 is 0 Å². The molecule has 0 bridgehead atoms. The zero-order valence-corrected chi connectivity index (χ0v) is 8.54. The molecule has 0 spiro atoms. The molecule has 13 heavy (non-hydrogen) atoms. The summed E-state index contributed by atoms with van der Waals surface area (Å²) in [6.07, 6.45) is 4.67. The van der Waals surface area contributed by atoms with E-state index in [2.05, 4.69) is 23.4 Å². The Bertz CT molecular complexity index is 239. The van der Waals surface area contributed by atoms with E-state index in [1.807, 2.05) is 20.2 Å². The molecule has 3 nitrogen and oxygen atoms in total. The van der Waals surface area contributed by atoms with E-state index in [0.29, 0.717) is 0 Å². The van der Waals surface area contributed by atoms with Crippen molar-refractivity contribution in [2.24, 2.45) is 4.99 Å². The minimum atomic E-state index is 0.746. The summed E-state index contributed by atoms with van der Waals surface area (Å²) in [5, 5.41) is 6.86. The first-order valence-corrected chi connectivity index (χ1v) is 4.23. The normalized spacial score (nSPS) is 12.5. The second kappa shape index (κ2) is 6.17. The molecule has 0 unspecified atom stereocenters. The lowest BCUT2D eigenvalue weighted by molar-refractivity contribution is 0.482. The topological polar surface area (TPSA) is 39.5 Å². The quantitative estimate of drug-likeness (QED) is 0.509. The average Bonchev–Trinajstić information content (AvgIpc) is 2.13. The van der Waals surface area contributed by atoms with Crippen LogP contribution in [0.15, 0.2) is 29.4 Å². The van der Waals surface area contributed by atoms with E-state index in [1.54, 1.807) is 6.08 Å². The Morgan fingerprint density at radius 1 is 1.62 bits per heavy atom. The van der Waals surface area contributed by atoms with Gasteiger partial charge in [0.05, 0.1) is 5.71 Å². The van der Waals surface area contributed by atoms with Crippen molar-refractivity contribution < 1.29 is 0 Å². The molecule has 0 amide bonds.